The average molecular weight is 238 g/mol. The van der Waals surface area contributed by atoms with Crippen LogP contribution in [0.3, 0.4) is 0 Å². The van der Waals surface area contributed by atoms with Gasteiger partial charge in [-0.25, -0.2) is 9.59 Å². The molecular formula is C11H10O6. The van der Waals surface area contributed by atoms with E-state index in [1.807, 2.05) is 0 Å². The van der Waals surface area contributed by atoms with Gasteiger partial charge in [0.1, 0.15) is 0 Å². The van der Waals surface area contributed by atoms with Crippen molar-refractivity contribution >= 4 is 17.9 Å². The summed E-state index contributed by atoms with van der Waals surface area (Å²) < 4.78 is 0. The molecule has 0 saturated carbocycles. The lowest BCUT2D eigenvalue weighted by molar-refractivity contribution is -0.136. The van der Waals surface area contributed by atoms with Crippen LogP contribution in [-0.4, -0.2) is 33.2 Å². The monoisotopic (exact) mass is 238 g/mol. The lowest BCUT2D eigenvalue weighted by Crippen LogP contribution is -2.14. The van der Waals surface area contributed by atoms with Gasteiger partial charge in [-0.1, -0.05) is 0 Å². The van der Waals surface area contributed by atoms with Crippen molar-refractivity contribution in [3.05, 3.63) is 34.4 Å². The molecule has 90 valence electrons. The Balaban J connectivity index is 3.52. The quantitative estimate of drug-likeness (QED) is 0.721. The fourth-order valence-electron chi connectivity index (χ4n) is 1.54. The highest BCUT2D eigenvalue weighted by molar-refractivity contribution is 5.98. The number of hydrogen-bond acceptors (Lipinski definition) is 3. The van der Waals surface area contributed by atoms with Crippen molar-refractivity contribution in [2.45, 2.75) is 13.3 Å². The summed E-state index contributed by atoms with van der Waals surface area (Å²) in [4.78, 5) is 32.5. The highest BCUT2D eigenvalue weighted by atomic mass is 16.4. The fourth-order valence-corrected chi connectivity index (χ4v) is 1.54. The second-order valence-corrected chi connectivity index (χ2v) is 3.52. The van der Waals surface area contributed by atoms with Crippen LogP contribution < -0.4 is 0 Å². The molecule has 0 unspecified atom stereocenters. The number of aliphatic carboxylic acids is 1. The molecule has 0 saturated heterocycles. The molecule has 1 aromatic carbocycles. The largest absolute Gasteiger partial charge is 0.481 e. The van der Waals surface area contributed by atoms with Crippen LogP contribution in [0, 0.1) is 6.92 Å². The highest BCUT2D eigenvalue weighted by Gasteiger charge is 2.21. The number of hydrogen-bond donors (Lipinski definition) is 3. The number of aryl methyl sites for hydroxylation is 1. The molecule has 0 radical (unpaired) electrons. The maximum atomic E-state index is 10.9. The third-order valence-corrected chi connectivity index (χ3v) is 2.18. The SMILES string of the molecule is Cc1cc(C(=O)O)c(CC(=O)O)c(C(=O)O)c1. The molecule has 0 amide bonds. The van der Waals surface area contributed by atoms with E-state index in [9.17, 15) is 14.4 Å². The van der Waals surface area contributed by atoms with E-state index < -0.39 is 24.3 Å². The molecule has 0 heterocycles. The minimum absolute atomic E-state index is 0.192. The molecule has 17 heavy (non-hydrogen) atoms. The Hall–Kier alpha value is -2.37. The van der Waals surface area contributed by atoms with Crippen molar-refractivity contribution in [1.29, 1.82) is 0 Å². The molecule has 3 N–H and O–H groups in total. The van der Waals surface area contributed by atoms with Crippen LogP contribution in [0.25, 0.3) is 0 Å². The molecule has 1 aromatic rings. The minimum atomic E-state index is -1.34. The van der Waals surface area contributed by atoms with Gasteiger partial charge in [0.05, 0.1) is 17.5 Å². The molecule has 0 fully saturated rings. The van der Waals surface area contributed by atoms with Gasteiger partial charge in [0.15, 0.2) is 0 Å². The number of rotatable bonds is 4. The van der Waals surface area contributed by atoms with Crippen LogP contribution >= 0.6 is 0 Å². The van der Waals surface area contributed by atoms with Gasteiger partial charge >= 0.3 is 17.9 Å². The summed E-state index contributed by atoms with van der Waals surface area (Å²) in [6.07, 6.45) is -0.635. The molecular weight excluding hydrogens is 228 g/mol. The maximum Gasteiger partial charge on any atom is 0.336 e. The van der Waals surface area contributed by atoms with Crippen molar-refractivity contribution in [3.63, 3.8) is 0 Å². The first-order valence-corrected chi connectivity index (χ1v) is 4.65. The van der Waals surface area contributed by atoms with Gasteiger partial charge in [0, 0.05) is 0 Å². The van der Waals surface area contributed by atoms with Gasteiger partial charge in [-0.15, -0.1) is 0 Å². The summed E-state index contributed by atoms with van der Waals surface area (Å²) in [6, 6.07) is 2.51. The van der Waals surface area contributed by atoms with Gasteiger partial charge in [-0.3, -0.25) is 4.79 Å². The smallest absolute Gasteiger partial charge is 0.336 e. The molecule has 6 nitrogen and oxygen atoms in total. The molecule has 0 spiro atoms. The molecule has 0 atom stereocenters. The first kappa shape index (κ1) is 12.7. The summed E-state index contributed by atoms with van der Waals surface area (Å²) in [6.45, 7) is 1.55. The Kier molecular flexibility index (Phi) is 3.47. The van der Waals surface area contributed by atoms with E-state index in [-0.39, 0.29) is 16.7 Å². The standard InChI is InChI=1S/C11H10O6/c1-5-2-7(10(14)15)6(4-9(12)13)8(3-5)11(16)17/h2-3H,4H2,1H3,(H,12,13)(H,14,15)(H,16,17). The Bertz CT molecular complexity index is 468. The number of carboxylic acids is 3. The van der Waals surface area contributed by atoms with Gasteiger partial charge in [-0.2, -0.15) is 0 Å². The molecule has 0 aliphatic carbocycles. The molecule has 0 aromatic heterocycles. The summed E-state index contributed by atoms with van der Waals surface area (Å²) in [5, 5.41) is 26.5. The zero-order chi connectivity index (χ0) is 13.2. The Morgan fingerprint density at radius 1 is 1.00 bits per heavy atom. The number of carboxylic acid groups (broad SMARTS) is 3. The molecule has 0 aliphatic heterocycles. The number of benzene rings is 1. The van der Waals surface area contributed by atoms with Crippen LogP contribution in [0.4, 0.5) is 0 Å². The summed E-state index contributed by atoms with van der Waals surface area (Å²) >= 11 is 0. The minimum Gasteiger partial charge on any atom is -0.481 e. The van der Waals surface area contributed by atoms with Gasteiger partial charge in [-0.05, 0) is 30.2 Å². The summed E-state index contributed by atoms with van der Waals surface area (Å²) in [5.41, 5.74) is -0.313. The van der Waals surface area contributed by atoms with E-state index in [0.29, 0.717) is 5.56 Å². The topological polar surface area (TPSA) is 112 Å². The number of aromatic carboxylic acids is 2. The van der Waals surface area contributed by atoms with Crippen molar-refractivity contribution in [3.8, 4) is 0 Å². The zero-order valence-corrected chi connectivity index (χ0v) is 8.93. The van der Waals surface area contributed by atoms with E-state index in [2.05, 4.69) is 0 Å². The number of carbonyl (C=O) groups is 3. The second-order valence-electron chi connectivity index (χ2n) is 3.52. The molecule has 0 aliphatic rings. The molecule has 1 rings (SSSR count). The Morgan fingerprint density at radius 3 is 1.71 bits per heavy atom. The predicted octanol–water partition coefficient (Wildman–Crippen LogP) is 1.02. The first-order chi connectivity index (χ1) is 7.82. The van der Waals surface area contributed by atoms with Crippen LogP contribution in [0.2, 0.25) is 0 Å². The maximum absolute atomic E-state index is 10.9. The van der Waals surface area contributed by atoms with E-state index in [0.717, 1.165) is 0 Å². The van der Waals surface area contributed by atoms with Crippen LogP contribution in [0.1, 0.15) is 31.8 Å². The second kappa shape index (κ2) is 4.65. The van der Waals surface area contributed by atoms with E-state index >= 15 is 0 Å². The van der Waals surface area contributed by atoms with Crippen LogP contribution in [0.15, 0.2) is 12.1 Å². The lowest BCUT2D eigenvalue weighted by atomic mass is 9.95. The van der Waals surface area contributed by atoms with Crippen LogP contribution in [0.5, 0.6) is 0 Å². The average Bonchev–Trinajstić information content (AvgIpc) is 2.18. The Labute approximate surface area is 96.1 Å². The van der Waals surface area contributed by atoms with Crippen molar-refractivity contribution in [1.82, 2.24) is 0 Å². The summed E-state index contributed by atoms with van der Waals surface area (Å²) in [5.74, 6) is -3.96. The fraction of sp³-hybridized carbons (Fsp3) is 0.182. The molecule has 6 heteroatoms. The summed E-state index contributed by atoms with van der Waals surface area (Å²) in [7, 11) is 0. The van der Waals surface area contributed by atoms with Crippen molar-refractivity contribution < 1.29 is 29.7 Å². The highest BCUT2D eigenvalue weighted by Crippen LogP contribution is 2.19. The van der Waals surface area contributed by atoms with Crippen LogP contribution in [-0.2, 0) is 11.2 Å². The predicted molar refractivity (Wildman–Crippen MR) is 56.4 cm³/mol. The van der Waals surface area contributed by atoms with Gasteiger partial charge in [0.2, 0.25) is 0 Å². The first-order valence-electron chi connectivity index (χ1n) is 4.65. The molecule has 0 bridgehead atoms. The Morgan fingerprint density at radius 2 is 1.41 bits per heavy atom. The van der Waals surface area contributed by atoms with E-state index in [1.165, 1.54) is 12.1 Å². The third-order valence-electron chi connectivity index (χ3n) is 2.18. The van der Waals surface area contributed by atoms with E-state index in [4.69, 9.17) is 15.3 Å². The van der Waals surface area contributed by atoms with Crippen molar-refractivity contribution in [2.24, 2.45) is 0 Å². The van der Waals surface area contributed by atoms with Gasteiger partial charge < -0.3 is 15.3 Å². The lowest BCUT2D eigenvalue weighted by Gasteiger charge is -2.09. The third kappa shape index (κ3) is 2.81. The van der Waals surface area contributed by atoms with E-state index in [1.54, 1.807) is 6.92 Å². The zero-order valence-electron chi connectivity index (χ0n) is 8.93. The van der Waals surface area contributed by atoms with Gasteiger partial charge in [0.25, 0.3) is 0 Å². The normalized spacial score (nSPS) is 9.94. The van der Waals surface area contributed by atoms with Crippen molar-refractivity contribution in [2.75, 3.05) is 0 Å².